The lowest BCUT2D eigenvalue weighted by Gasteiger charge is -2.03. The van der Waals surface area contributed by atoms with Gasteiger partial charge in [-0.3, -0.25) is 4.98 Å². The molecular weight excluding hydrogens is 302 g/mol. The van der Waals surface area contributed by atoms with E-state index in [4.69, 9.17) is 0 Å². The van der Waals surface area contributed by atoms with Crippen LogP contribution < -0.4 is 0 Å². The van der Waals surface area contributed by atoms with Crippen molar-refractivity contribution in [2.24, 2.45) is 0 Å². The standard InChI is InChI=1S/C24H41N/c1-2-3-4-5-6-7-8-9-10-11-12-13-14-15-16-17-18-19-24-20-22-25-23-21-24/h18-23H,2-17H2,1H3/b19-18+. The van der Waals surface area contributed by atoms with E-state index in [1.165, 1.54) is 108 Å². The predicted octanol–water partition coefficient (Wildman–Crippen LogP) is 8.36. The Labute approximate surface area is 157 Å². The quantitative estimate of drug-likeness (QED) is 0.259. The molecule has 1 heteroatoms. The summed E-state index contributed by atoms with van der Waals surface area (Å²) in [6.07, 6.45) is 31.0. The Balaban J connectivity index is 1.74. The van der Waals surface area contributed by atoms with Crippen LogP contribution in [0.25, 0.3) is 6.08 Å². The van der Waals surface area contributed by atoms with Crippen molar-refractivity contribution in [1.29, 1.82) is 0 Å². The number of nitrogens with zero attached hydrogens (tertiary/aromatic N) is 1. The highest BCUT2D eigenvalue weighted by molar-refractivity contribution is 5.47. The highest BCUT2D eigenvalue weighted by Gasteiger charge is 1.94. The summed E-state index contributed by atoms with van der Waals surface area (Å²) < 4.78 is 0. The van der Waals surface area contributed by atoms with Gasteiger partial charge in [-0.25, -0.2) is 0 Å². The fraction of sp³-hybridized carbons (Fsp3) is 0.708. The molecule has 1 rings (SSSR count). The normalized spacial score (nSPS) is 11.4. The van der Waals surface area contributed by atoms with Crippen LogP contribution in [-0.2, 0) is 0 Å². The van der Waals surface area contributed by atoms with Crippen molar-refractivity contribution in [1.82, 2.24) is 4.98 Å². The molecule has 0 amide bonds. The second-order valence-corrected chi connectivity index (χ2v) is 7.42. The van der Waals surface area contributed by atoms with Crippen molar-refractivity contribution in [3.05, 3.63) is 36.2 Å². The minimum Gasteiger partial charge on any atom is -0.265 e. The van der Waals surface area contributed by atoms with Gasteiger partial charge in [-0.2, -0.15) is 0 Å². The highest BCUT2D eigenvalue weighted by atomic mass is 14.6. The number of rotatable bonds is 17. The largest absolute Gasteiger partial charge is 0.265 e. The Morgan fingerprint density at radius 1 is 0.640 bits per heavy atom. The number of hydrogen-bond acceptors (Lipinski definition) is 1. The van der Waals surface area contributed by atoms with Crippen molar-refractivity contribution >= 4 is 6.08 Å². The summed E-state index contributed by atoms with van der Waals surface area (Å²) in [5, 5.41) is 0. The Hall–Kier alpha value is -1.11. The average molecular weight is 344 g/mol. The van der Waals surface area contributed by atoms with Crippen molar-refractivity contribution in [3.63, 3.8) is 0 Å². The van der Waals surface area contributed by atoms with E-state index in [-0.39, 0.29) is 0 Å². The van der Waals surface area contributed by atoms with Crippen LogP contribution in [0.3, 0.4) is 0 Å². The number of unbranched alkanes of at least 4 members (excludes halogenated alkanes) is 15. The molecule has 142 valence electrons. The smallest absolute Gasteiger partial charge is 0.0273 e. The van der Waals surface area contributed by atoms with Gasteiger partial charge in [-0.05, 0) is 30.5 Å². The molecule has 0 aliphatic heterocycles. The molecule has 1 nitrogen and oxygen atoms in total. The minimum absolute atomic E-state index is 1.21. The van der Waals surface area contributed by atoms with E-state index < -0.39 is 0 Å². The number of hydrogen-bond donors (Lipinski definition) is 0. The first-order chi connectivity index (χ1) is 12.4. The van der Waals surface area contributed by atoms with Crippen LogP contribution in [0.4, 0.5) is 0 Å². The van der Waals surface area contributed by atoms with Gasteiger partial charge in [0.2, 0.25) is 0 Å². The molecule has 0 unspecified atom stereocenters. The molecule has 0 radical (unpaired) electrons. The highest BCUT2D eigenvalue weighted by Crippen LogP contribution is 2.14. The molecule has 1 heterocycles. The molecule has 0 saturated heterocycles. The second-order valence-electron chi connectivity index (χ2n) is 7.42. The summed E-state index contributed by atoms with van der Waals surface area (Å²) in [7, 11) is 0. The Morgan fingerprint density at radius 3 is 1.56 bits per heavy atom. The van der Waals surface area contributed by atoms with Crippen LogP contribution in [0.5, 0.6) is 0 Å². The predicted molar refractivity (Wildman–Crippen MR) is 113 cm³/mol. The van der Waals surface area contributed by atoms with Crippen LogP contribution in [0.1, 0.15) is 115 Å². The Bertz CT molecular complexity index is 396. The number of pyridine rings is 1. The molecule has 0 aliphatic rings. The van der Waals surface area contributed by atoms with E-state index >= 15 is 0 Å². The van der Waals surface area contributed by atoms with Crippen molar-refractivity contribution in [2.45, 2.75) is 110 Å². The topological polar surface area (TPSA) is 12.9 Å². The lowest BCUT2D eigenvalue weighted by molar-refractivity contribution is 0.533. The Morgan fingerprint density at radius 2 is 1.08 bits per heavy atom. The number of allylic oxidation sites excluding steroid dienone is 1. The number of aromatic nitrogens is 1. The molecule has 0 saturated carbocycles. The van der Waals surface area contributed by atoms with Crippen molar-refractivity contribution < 1.29 is 0 Å². The first-order valence-electron chi connectivity index (χ1n) is 11.0. The van der Waals surface area contributed by atoms with Gasteiger partial charge in [-0.1, -0.05) is 109 Å². The van der Waals surface area contributed by atoms with E-state index in [1.54, 1.807) is 0 Å². The zero-order chi connectivity index (χ0) is 17.8. The Kier molecular flexibility index (Phi) is 15.5. The van der Waals surface area contributed by atoms with Crippen LogP contribution in [-0.4, -0.2) is 4.98 Å². The zero-order valence-corrected chi connectivity index (χ0v) is 16.7. The van der Waals surface area contributed by atoms with E-state index in [1.807, 2.05) is 12.4 Å². The summed E-state index contributed by atoms with van der Waals surface area (Å²) in [5.74, 6) is 0. The molecule has 0 atom stereocenters. The molecule has 0 bridgehead atoms. The zero-order valence-electron chi connectivity index (χ0n) is 16.7. The summed E-state index contributed by atoms with van der Waals surface area (Å²) in [6, 6.07) is 4.12. The molecule has 1 aromatic heterocycles. The van der Waals surface area contributed by atoms with Gasteiger partial charge >= 0.3 is 0 Å². The molecule has 0 aromatic carbocycles. The van der Waals surface area contributed by atoms with E-state index in [0.29, 0.717) is 0 Å². The van der Waals surface area contributed by atoms with Crippen molar-refractivity contribution in [3.8, 4) is 0 Å². The summed E-state index contributed by atoms with van der Waals surface area (Å²) in [4.78, 5) is 4.04. The van der Waals surface area contributed by atoms with E-state index in [0.717, 1.165) is 0 Å². The van der Waals surface area contributed by atoms with Gasteiger partial charge in [0, 0.05) is 12.4 Å². The first-order valence-corrected chi connectivity index (χ1v) is 11.0. The first kappa shape index (κ1) is 21.9. The van der Waals surface area contributed by atoms with Gasteiger partial charge in [0.05, 0.1) is 0 Å². The van der Waals surface area contributed by atoms with Crippen LogP contribution in [0.15, 0.2) is 30.6 Å². The van der Waals surface area contributed by atoms with Gasteiger partial charge in [-0.15, -0.1) is 0 Å². The van der Waals surface area contributed by atoms with Crippen molar-refractivity contribution in [2.75, 3.05) is 0 Å². The second kappa shape index (κ2) is 17.7. The third-order valence-corrected chi connectivity index (χ3v) is 4.99. The maximum Gasteiger partial charge on any atom is 0.0273 e. The summed E-state index contributed by atoms with van der Waals surface area (Å²) in [5.41, 5.74) is 1.26. The van der Waals surface area contributed by atoms with Gasteiger partial charge in [0.25, 0.3) is 0 Å². The third-order valence-electron chi connectivity index (χ3n) is 4.99. The molecule has 0 N–H and O–H groups in total. The SMILES string of the molecule is CCCCCCCCCCCCCCCCC/C=C/c1ccncc1. The summed E-state index contributed by atoms with van der Waals surface area (Å²) >= 11 is 0. The van der Waals surface area contributed by atoms with Gasteiger partial charge in [0.1, 0.15) is 0 Å². The van der Waals surface area contributed by atoms with Crippen LogP contribution in [0.2, 0.25) is 0 Å². The average Bonchev–Trinajstić information content (AvgIpc) is 2.65. The van der Waals surface area contributed by atoms with Crippen LogP contribution in [0, 0.1) is 0 Å². The molecule has 0 fully saturated rings. The fourth-order valence-corrected chi connectivity index (χ4v) is 3.33. The van der Waals surface area contributed by atoms with Gasteiger partial charge < -0.3 is 0 Å². The maximum absolute atomic E-state index is 4.04. The molecule has 1 aromatic rings. The monoisotopic (exact) mass is 343 g/mol. The van der Waals surface area contributed by atoms with Gasteiger partial charge in [0.15, 0.2) is 0 Å². The maximum atomic E-state index is 4.04. The third kappa shape index (κ3) is 14.9. The molecule has 0 spiro atoms. The van der Waals surface area contributed by atoms with E-state index in [2.05, 4.69) is 36.2 Å². The molecule has 25 heavy (non-hydrogen) atoms. The fourth-order valence-electron chi connectivity index (χ4n) is 3.33. The molecule has 0 aliphatic carbocycles. The lowest BCUT2D eigenvalue weighted by atomic mass is 10.0. The van der Waals surface area contributed by atoms with Crippen LogP contribution >= 0.6 is 0 Å². The minimum atomic E-state index is 1.21. The lowest BCUT2D eigenvalue weighted by Crippen LogP contribution is -1.83. The van der Waals surface area contributed by atoms with E-state index in [9.17, 15) is 0 Å². The molecular formula is C24H41N. The summed E-state index contributed by atoms with van der Waals surface area (Å²) in [6.45, 7) is 2.29.